The number of rotatable bonds is 2. The predicted octanol–water partition coefficient (Wildman–Crippen LogP) is 2.61. The van der Waals surface area contributed by atoms with E-state index < -0.39 is 0 Å². The number of hydrogen-bond donors (Lipinski definition) is 0. The summed E-state index contributed by atoms with van der Waals surface area (Å²) in [6, 6.07) is 3.75. The minimum atomic E-state index is -0.0458. The van der Waals surface area contributed by atoms with Crippen molar-refractivity contribution in [1.29, 1.82) is 0 Å². The van der Waals surface area contributed by atoms with E-state index in [2.05, 4.69) is 9.97 Å². The summed E-state index contributed by atoms with van der Waals surface area (Å²) in [5.41, 5.74) is 2.80. The van der Waals surface area contributed by atoms with Crippen LogP contribution in [0.5, 0.6) is 0 Å². The number of amides is 1. The van der Waals surface area contributed by atoms with Gasteiger partial charge in [0.2, 0.25) is 0 Å². The van der Waals surface area contributed by atoms with Crippen LogP contribution in [0.15, 0.2) is 18.3 Å². The van der Waals surface area contributed by atoms with Crippen LogP contribution < -0.4 is 4.90 Å². The maximum absolute atomic E-state index is 12.4. The quantitative estimate of drug-likeness (QED) is 0.845. The molecular weight excluding hydrogens is 258 g/mol. The Bertz CT molecular complexity index is 614. The van der Waals surface area contributed by atoms with Crippen molar-refractivity contribution in [2.24, 2.45) is 0 Å². The van der Waals surface area contributed by atoms with Crippen molar-refractivity contribution < 1.29 is 4.79 Å². The average Bonchev–Trinajstić information content (AvgIpc) is 2.98. The second kappa shape index (κ2) is 4.74. The molecule has 0 aliphatic heterocycles. The Morgan fingerprint density at radius 3 is 3.00 bits per heavy atom. The molecule has 0 atom stereocenters. The molecule has 4 nitrogen and oxygen atoms in total. The van der Waals surface area contributed by atoms with E-state index in [-0.39, 0.29) is 5.91 Å². The Labute approximate surface area is 116 Å². The molecule has 0 fully saturated rings. The van der Waals surface area contributed by atoms with Gasteiger partial charge in [-0.1, -0.05) is 0 Å². The molecule has 0 bridgehead atoms. The van der Waals surface area contributed by atoms with Gasteiger partial charge >= 0.3 is 0 Å². The van der Waals surface area contributed by atoms with Gasteiger partial charge in [0.25, 0.3) is 5.91 Å². The first-order chi connectivity index (χ1) is 9.16. The number of thiazole rings is 1. The van der Waals surface area contributed by atoms with E-state index in [0.29, 0.717) is 5.01 Å². The SMILES string of the molecule is Cc1ncccc1N(C)C(=O)c1nc2c(s1)CCC2. The third-order valence-corrected chi connectivity index (χ3v) is 4.57. The molecule has 0 N–H and O–H groups in total. The van der Waals surface area contributed by atoms with Crippen LogP contribution in [0.2, 0.25) is 0 Å². The van der Waals surface area contributed by atoms with Gasteiger partial charge in [-0.25, -0.2) is 4.98 Å². The monoisotopic (exact) mass is 273 g/mol. The number of carbonyl (C=O) groups excluding carboxylic acids is 1. The zero-order valence-electron chi connectivity index (χ0n) is 11.0. The molecule has 2 heterocycles. The molecular formula is C14H15N3OS. The molecule has 1 amide bonds. The van der Waals surface area contributed by atoms with E-state index >= 15 is 0 Å². The molecule has 2 aromatic heterocycles. The minimum absolute atomic E-state index is 0.0458. The Morgan fingerprint density at radius 1 is 1.42 bits per heavy atom. The summed E-state index contributed by atoms with van der Waals surface area (Å²) in [4.78, 5) is 24.1. The van der Waals surface area contributed by atoms with Crippen LogP contribution in [0.1, 0.15) is 32.5 Å². The van der Waals surface area contributed by atoms with Crippen LogP contribution in [0.3, 0.4) is 0 Å². The van der Waals surface area contributed by atoms with Crippen LogP contribution in [-0.2, 0) is 12.8 Å². The number of nitrogens with zero attached hydrogens (tertiary/aromatic N) is 3. The highest BCUT2D eigenvalue weighted by atomic mass is 32.1. The average molecular weight is 273 g/mol. The van der Waals surface area contributed by atoms with Gasteiger partial charge < -0.3 is 4.90 Å². The van der Waals surface area contributed by atoms with Gasteiger partial charge in [-0.15, -0.1) is 11.3 Å². The number of pyridine rings is 1. The molecule has 1 aliphatic carbocycles. The Balaban J connectivity index is 1.89. The molecule has 98 valence electrons. The number of anilines is 1. The van der Waals surface area contributed by atoms with E-state index in [0.717, 1.165) is 29.9 Å². The predicted molar refractivity (Wildman–Crippen MR) is 75.8 cm³/mol. The third kappa shape index (κ3) is 2.14. The van der Waals surface area contributed by atoms with E-state index in [9.17, 15) is 4.79 Å². The van der Waals surface area contributed by atoms with Gasteiger partial charge in [-0.05, 0) is 38.3 Å². The summed E-state index contributed by atoms with van der Waals surface area (Å²) >= 11 is 1.54. The van der Waals surface area contributed by atoms with Crippen LogP contribution in [0.4, 0.5) is 5.69 Å². The lowest BCUT2D eigenvalue weighted by Gasteiger charge is -2.17. The number of carbonyl (C=O) groups is 1. The van der Waals surface area contributed by atoms with Gasteiger partial charge in [0.15, 0.2) is 5.01 Å². The second-order valence-corrected chi connectivity index (χ2v) is 5.80. The lowest BCUT2D eigenvalue weighted by atomic mass is 10.3. The normalized spacial score (nSPS) is 13.4. The molecule has 19 heavy (non-hydrogen) atoms. The first-order valence-electron chi connectivity index (χ1n) is 6.35. The molecule has 0 radical (unpaired) electrons. The molecule has 0 spiro atoms. The van der Waals surface area contributed by atoms with Gasteiger partial charge in [0.1, 0.15) is 0 Å². The van der Waals surface area contributed by atoms with Gasteiger partial charge in [0, 0.05) is 18.1 Å². The minimum Gasteiger partial charge on any atom is -0.308 e. The lowest BCUT2D eigenvalue weighted by Crippen LogP contribution is -2.27. The van der Waals surface area contributed by atoms with Crippen molar-refractivity contribution in [3.05, 3.63) is 39.6 Å². The standard InChI is InChI=1S/C14H15N3OS/c1-9-11(6-4-8-15-9)17(2)14(18)13-16-10-5-3-7-12(10)19-13/h4,6,8H,3,5,7H2,1-2H3. The number of aromatic nitrogens is 2. The molecule has 2 aromatic rings. The molecule has 5 heteroatoms. The van der Waals surface area contributed by atoms with Crippen molar-refractivity contribution in [3.63, 3.8) is 0 Å². The Kier molecular flexibility index (Phi) is 3.06. The molecule has 1 aliphatic rings. The highest BCUT2D eigenvalue weighted by molar-refractivity contribution is 7.13. The van der Waals surface area contributed by atoms with Crippen LogP contribution >= 0.6 is 11.3 Å². The number of fused-ring (bicyclic) bond motifs is 1. The molecule has 0 unspecified atom stereocenters. The van der Waals surface area contributed by atoms with Crippen molar-refractivity contribution >= 4 is 22.9 Å². The van der Waals surface area contributed by atoms with Crippen LogP contribution in [-0.4, -0.2) is 22.9 Å². The van der Waals surface area contributed by atoms with Crippen molar-refractivity contribution in [2.75, 3.05) is 11.9 Å². The van der Waals surface area contributed by atoms with Gasteiger partial charge in [-0.2, -0.15) is 0 Å². The topological polar surface area (TPSA) is 46.1 Å². The first kappa shape index (κ1) is 12.3. The highest BCUT2D eigenvalue weighted by Gasteiger charge is 2.23. The van der Waals surface area contributed by atoms with E-state index in [1.165, 1.54) is 22.6 Å². The Morgan fingerprint density at radius 2 is 2.26 bits per heavy atom. The zero-order chi connectivity index (χ0) is 13.4. The largest absolute Gasteiger partial charge is 0.308 e. The highest BCUT2D eigenvalue weighted by Crippen LogP contribution is 2.29. The maximum Gasteiger partial charge on any atom is 0.287 e. The smallest absolute Gasteiger partial charge is 0.287 e. The molecule has 3 rings (SSSR count). The number of hydrogen-bond acceptors (Lipinski definition) is 4. The van der Waals surface area contributed by atoms with E-state index in [1.54, 1.807) is 18.1 Å². The molecule has 0 saturated carbocycles. The van der Waals surface area contributed by atoms with Crippen molar-refractivity contribution in [2.45, 2.75) is 26.2 Å². The van der Waals surface area contributed by atoms with Gasteiger partial charge in [0.05, 0.1) is 17.1 Å². The van der Waals surface area contributed by atoms with Gasteiger partial charge in [-0.3, -0.25) is 9.78 Å². The Hall–Kier alpha value is -1.75. The van der Waals surface area contributed by atoms with Crippen LogP contribution in [0.25, 0.3) is 0 Å². The van der Waals surface area contributed by atoms with E-state index in [1.807, 2.05) is 19.1 Å². The fourth-order valence-corrected chi connectivity index (χ4v) is 3.49. The first-order valence-corrected chi connectivity index (χ1v) is 7.16. The zero-order valence-corrected chi connectivity index (χ0v) is 11.8. The number of aryl methyl sites for hydroxylation is 3. The summed E-state index contributed by atoms with van der Waals surface area (Å²) in [5.74, 6) is -0.0458. The second-order valence-electron chi connectivity index (χ2n) is 4.71. The maximum atomic E-state index is 12.4. The summed E-state index contributed by atoms with van der Waals surface area (Å²) in [6.45, 7) is 1.90. The summed E-state index contributed by atoms with van der Waals surface area (Å²) in [7, 11) is 1.78. The summed E-state index contributed by atoms with van der Waals surface area (Å²) in [5, 5.41) is 0.593. The fraction of sp³-hybridized carbons (Fsp3) is 0.357. The van der Waals surface area contributed by atoms with E-state index in [4.69, 9.17) is 0 Å². The summed E-state index contributed by atoms with van der Waals surface area (Å²) < 4.78 is 0. The van der Waals surface area contributed by atoms with Crippen molar-refractivity contribution in [3.8, 4) is 0 Å². The van der Waals surface area contributed by atoms with Crippen LogP contribution in [0, 0.1) is 6.92 Å². The molecule has 0 saturated heterocycles. The third-order valence-electron chi connectivity index (χ3n) is 3.42. The fourth-order valence-electron chi connectivity index (χ4n) is 2.36. The molecule has 0 aromatic carbocycles. The summed E-state index contributed by atoms with van der Waals surface area (Å²) in [6.07, 6.45) is 4.97. The van der Waals surface area contributed by atoms with Crippen molar-refractivity contribution in [1.82, 2.24) is 9.97 Å². The lowest BCUT2D eigenvalue weighted by molar-refractivity contribution is 0.0992.